The van der Waals surface area contributed by atoms with Gasteiger partial charge in [-0.2, -0.15) is 5.10 Å². The van der Waals surface area contributed by atoms with Gasteiger partial charge >= 0.3 is 0 Å². The van der Waals surface area contributed by atoms with E-state index < -0.39 is 0 Å². The fourth-order valence-corrected chi connectivity index (χ4v) is 3.35. The van der Waals surface area contributed by atoms with Crippen LogP contribution in [0.25, 0.3) is 0 Å². The first-order chi connectivity index (χ1) is 12.5. The normalized spacial score (nSPS) is 20.7. The van der Waals surface area contributed by atoms with E-state index in [4.69, 9.17) is 9.47 Å². The number of H-pyrrole nitrogens is 1. The van der Waals surface area contributed by atoms with Crippen LogP contribution in [0.1, 0.15) is 25.2 Å². The number of aryl methyl sites for hydroxylation is 1. The minimum atomic E-state index is -0.306. The van der Waals surface area contributed by atoms with Crippen molar-refractivity contribution in [2.45, 2.75) is 39.4 Å². The Kier molecular flexibility index (Phi) is 6.16. The summed E-state index contributed by atoms with van der Waals surface area (Å²) in [7, 11) is 0. The van der Waals surface area contributed by atoms with E-state index in [-0.39, 0.29) is 18.1 Å². The van der Waals surface area contributed by atoms with Crippen LogP contribution in [-0.4, -0.2) is 58.7 Å². The van der Waals surface area contributed by atoms with Crippen LogP contribution in [-0.2, 0) is 6.42 Å². The number of likely N-dealkylation sites (tertiary alicyclic amines) is 1. The standard InChI is InChI=1S/C20H29N3O3/c1-14(2)26-19-6-4-18(5-7-19)25-9-8-23-12-16(20(24)13-23)11-17-10-15(3)21-22-17/h4-7,10,14,16,20,24H,8-9,11-13H2,1-3H3,(H,21,22)/t16-,20-/m1/s1. The van der Waals surface area contributed by atoms with Gasteiger partial charge < -0.3 is 14.6 Å². The van der Waals surface area contributed by atoms with Gasteiger partial charge in [-0.1, -0.05) is 0 Å². The van der Waals surface area contributed by atoms with Crippen molar-refractivity contribution in [3.63, 3.8) is 0 Å². The van der Waals surface area contributed by atoms with Crippen LogP contribution < -0.4 is 9.47 Å². The summed E-state index contributed by atoms with van der Waals surface area (Å²) in [6.45, 7) is 8.98. The molecule has 2 aromatic rings. The van der Waals surface area contributed by atoms with Gasteiger partial charge in [0.25, 0.3) is 0 Å². The lowest BCUT2D eigenvalue weighted by Gasteiger charge is -2.16. The number of rotatable bonds is 8. The first kappa shape index (κ1) is 18.7. The van der Waals surface area contributed by atoms with E-state index in [0.717, 1.165) is 42.4 Å². The third-order valence-electron chi connectivity index (χ3n) is 4.58. The molecule has 0 bridgehead atoms. The second-order valence-electron chi connectivity index (χ2n) is 7.32. The predicted molar refractivity (Wildman–Crippen MR) is 101 cm³/mol. The molecule has 2 atom stereocenters. The summed E-state index contributed by atoms with van der Waals surface area (Å²) in [6.07, 6.45) is 0.668. The van der Waals surface area contributed by atoms with Crippen molar-refractivity contribution in [3.05, 3.63) is 41.7 Å². The fraction of sp³-hybridized carbons (Fsp3) is 0.550. The topological polar surface area (TPSA) is 70.6 Å². The van der Waals surface area contributed by atoms with Crippen molar-refractivity contribution in [1.29, 1.82) is 0 Å². The largest absolute Gasteiger partial charge is 0.492 e. The predicted octanol–water partition coefficient (Wildman–Crippen LogP) is 2.42. The Morgan fingerprint density at radius 1 is 1.23 bits per heavy atom. The molecule has 26 heavy (non-hydrogen) atoms. The molecule has 3 rings (SSSR count). The molecule has 0 amide bonds. The molecule has 2 heterocycles. The van der Waals surface area contributed by atoms with Crippen molar-refractivity contribution in [1.82, 2.24) is 15.1 Å². The summed E-state index contributed by atoms with van der Waals surface area (Å²) in [5.41, 5.74) is 2.08. The number of β-amino-alcohol motifs (C(OH)–C–C–N with tert-alkyl or cyclic N) is 1. The van der Waals surface area contributed by atoms with Crippen molar-refractivity contribution in [3.8, 4) is 11.5 Å². The maximum atomic E-state index is 10.3. The fourth-order valence-electron chi connectivity index (χ4n) is 3.35. The molecular formula is C20H29N3O3. The number of aliphatic hydroxyl groups excluding tert-OH is 1. The maximum Gasteiger partial charge on any atom is 0.119 e. The number of aromatic nitrogens is 2. The highest BCUT2D eigenvalue weighted by molar-refractivity contribution is 5.31. The van der Waals surface area contributed by atoms with Crippen molar-refractivity contribution in [2.24, 2.45) is 5.92 Å². The Morgan fingerprint density at radius 2 is 1.96 bits per heavy atom. The lowest BCUT2D eigenvalue weighted by Crippen LogP contribution is -2.27. The van der Waals surface area contributed by atoms with Gasteiger partial charge in [0.15, 0.2) is 0 Å². The van der Waals surface area contributed by atoms with Gasteiger partial charge in [0.1, 0.15) is 18.1 Å². The zero-order chi connectivity index (χ0) is 18.5. The Bertz CT molecular complexity index is 684. The van der Waals surface area contributed by atoms with Crippen LogP contribution in [0.5, 0.6) is 11.5 Å². The number of hydrogen-bond donors (Lipinski definition) is 2. The minimum absolute atomic E-state index is 0.168. The number of aromatic amines is 1. The molecule has 6 nitrogen and oxygen atoms in total. The van der Waals surface area contributed by atoms with Crippen LogP contribution in [0.2, 0.25) is 0 Å². The summed E-state index contributed by atoms with van der Waals surface area (Å²) in [5.74, 6) is 1.92. The molecule has 0 aliphatic carbocycles. The first-order valence-electron chi connectivity index (χ1n) is 9.30. The van der Waals surface area contributed by atoms with Crippen LogP contribution in [0.4, 0.5) is 0 Å². The summed E-state index contributed by atoms with van der Waals surface area (Å²) >= 11 is 0. The van der Waals surface area contributed by atoms with Crippen LogP contribution in [0.15, 0.2) is 30.3 Å². The number of ether oxygens (including phenoxy) is 2. The highest BCUT2D eigenvalue weighted by Crippen LogP contribution is 2.22. The zero-order valence-electron chi connectivity index (χ0n) is 15.8. The summed E-state index contributed by atoms with van der Waals surface area (Å²) in [6, 6.07) is 9.76. The molecule has 1 saturated heterocycles. The summed E-state index contributed by atoms with van der Waals surface area (Å²) in [4.78, 5) is 2.26. The van der Waals surface area contributed by atoms with E-state index >= 15 is 0 Å². The van der Waals surface area contributed by atoms with Crippen molar-refractivity contribution >= 4 is 0 Å². The number of aliphatic hydroxyl groups is 1. The van der Waals surface area contributed by atoms with Crippen LogP contribution in [0, 0.1) is 12.8 Å². The van der Waals surface area contributed by atoms with Crippen LogP contribution in [0.3, 0.4) is 0 Å². The molecule has 1 aromatic carbocycles. The van der Waals surface area contributed by atoms with Gasteiger partial charge in [0.2, 0.25) is 0 Å². The molecule has 0 radical (unpaired) electrons. The van der Waals surface area contributed by atoms with Gasteiger partial charge in [-0.05, 0) is 57.5 Å². The van der Waals surface area contributed by atoms with Gasteiger partial charge in [0.05, 0.1) is 17.9 Å². The molecule has 1 aliphatic heterocycles. The quantitative estimate of drug-likeness (QED) is 0.757. The van der Waals surface area contributed by atoms with E-state index in [2.05, 4.69) is 15.1 Å². The molecular weight excluding hydrogens is 330 g/mol. The zero-order valence-corrected chi connectivity index (χ0v) is 15.8. The summed E-state index contributed by atoms with van der Waals surface area (Å²) in [5, 5.41) is 17.5. The lowest BCUT2D eigenvalue weighted by molar-refractivity contribution is 0.139. The average molecular weight is 359 g/mol. The number of nitrogens with zero attached hydrogens (tertiary/aromatic N) is 2. The molecule has 142 valence electrons. The Hall–Kier alpha value is -2.05. The molecule has 0 unspecified atom stereocenters. The highest BCUT2D eigenvalue weighted by atomic mass is 16.5. The molecule has 6 heteroatoms. The second kappa shape index (κ2) is 8.56. The van der Waals surface area contributed by atoms with Crippen LogP contribution >= 0.6 is 0 Å². The van der Waals surface area contributed by atoms with E-state index in [1.54, 1.807) is 0 Å². The van der Waals surface area contributed by atoms with Crippen molar-refractivity contribution in [2.75, 3.05) is 26.2 Å². The maximum absolute atomic E-state index is 10.3. The average Bonchev–Trinajstić information content (AvgIpc) is 3.15. The SMILES string of the molecule is Cc1cc(C[C@@H]2CN(CCOc3ccc(OC(C)C)cc3)C[C@H]2O)n[nH]1. The monoisotopic (exact) mass is 359 g/mol. The Labute approximate surface area is 155 Å². The van der Waals surface area contributed by atoms with E-state index in [9.17, 15) is 5.11 Å². The van der Waals surface area contributed by atoms with Gasteiger partial charge in [-0.25, -0.2) is 0 Å². The van der Waals surface area contributed by atoms with Crippen molar-refractivity contribution < 1.29 is 14.6 Å². The molecule has 1 fully saturated rings. The van der Waals surface area contributed by atoms with Gasteiger partial charge in [-0.15, -0.1) is 0 Å². The van der Waals surface area contributed by atoms with Gasteiger partial charge in [0, 0.05) is 31.2 Å². The van der Waals surface area contributed by atoms with Gasteiger partial charge in [-0.3, -0.25) is 10.00 Å². The summed E-state index contributed by atoms with van der Waals surface area (Å²) < 4.78 is 11.5. The number of hydrogen-bond acceptors (Lipinski definition) is 5. The third-order valence-corrected chi connectivity index (χ3v) is 4.58. The first-order valence-corrected chi connectivity index (χ1v) is 9.30. The highest BCUT2D eigenvalue weighted by Gasteiger charge is 2.31. The van der Waals surface area contributed by atoms with E-state index in [1.165, 1.54) is 0 Å². The van der Waals surface area contributed by atoms with E-state index in [1.807, 2.05) is 51.1 Å². The number of benzene rings is 1. The van der Waals surface area contributed by atoms with E-state index in [0.29, 0.717) is 13.2 Å². The minimum Gasteiger partial charge on any atom is -0.492 e. The smallest absolute Gasteiger partial charge is 0.119 e. The molecule has 2 N–H and O–H groups in total. The Balaban J connectivity index is 1.41. The molecule has 1 aromatic heterocycles. The Morgan fingerprint density at radius 3 is 2.62 bits per heavy atom. The molecule has 1 aliphatic rings. The number of nitrogens with one attached hydrogen (secondary N) is 1. The molecule has 0 saturated carbocycles. The third kappa shape index (κ3) is 5.22. The second-order valence-corrected chi connectivity index (χ2v) is 7.32. The molecule has 0 spiro atoms. The lowest BCUT2D eigenvalue weighted by atomic mass is 10.0.